The molecule has 1 aromatic carbocycles. The average Bonchev–Trinajstić information content (AvgIpc) is 2.90. The van der Waals surface area contributed by atoms with Crippen LogP contribution in [0, 0.1) is 5.92 Å². The normalized spacial score (nSPS) is 14.9. The number of benzene rings is 1. The van der Waals surface area contributed by atoms with Crippen LogP contribution in [0.3, 0.4) is 0 Å². The van der Waals surface area contributed by atoms with Crippen LogP contribution in [-0.4, -0.2) is 33.4 Å². The van der Waals surface area contributed by atoms with Crippen molar-refractivity contribution in [3.05, 3.63) is 27.7 Å². The maximum absolute atomic E-state index is 5.81. The Balaban J connectivity index is 1.97. The van der Waals surface area contributed by atoms with Gasteiger partial charge < -0.3 is 14.8 Å². The standard InChI is InChI=1S/C16H24BrNO2/c1-3-12(11-18-5-7-19-2)8-14-10-15(17)9-13-4-6-20-16(13)14/h9-10,12,18H,3-8,11H2,1-2H3. The molecule has 1 unspecified atom stereocenters. The summed E-state index contributed by atoms with van der Waals surface area (Å²) in [6.45, 7) is 5.79. The Labute approximate surface area is 130 Å². The van der Waals surface area contributed by atoms with E-state index in [1.54, 1.807) is 7.11 Å². The topological polar surface area (TPSA) is 30.5 Å². The first-order chi connectivity index (χ1) is 9.74. The van der Waals surface area contributed by atoms with E-state index in [1.807, 2.05) is 0 Å². The third-order valence-electron chi connectivity index (χ3n) is 3.83. The van der Waals surface area contributed by atoms with Crippen LogP contribution in [0.25, 0.3) is 0 Å². The quantitative estimate of drug-likeness (QED) is 0.736. The van der Waals surface area contributed by atoms with E-state index in [-0.39, 0.29) is 0 Å². The number of hydrogen-bond acceptors (Lipinski definition) is 3. The predicted molar refractivity (Wildman–Crippen MR) is 85.6 cm³/mol. The van der Waals surface area contributed by atoms with Crippen molar-refractivity contribution in [3.63, 3.8) is 0 Å². The molecule has 0 aromatic heterocycles. The molecule has 0 aliphatic carbocycles. The molecule has 112 valence electrons. The Kier molecular flexibility index (Phi) is 6.33. The Morgan fingerprint density at radius 3 is 3.05 bits per heavy atom. The van der Waals surface area contributed by atoms with Crippen LogP contribution in [0.4, 0.5) is 0 Å². The van der Waals surface area contributed by atoms with Crippen molar-refractivity contribution < 1.29 is 9.47 Å². The smallest absolute Gasteiger partial charge is 0.125 e. The molecule has 1 aromatic rings. The van der Waals surface area contributed by atoms with Gasteiger partial charge in [0.2, 0.25) is 0 Å². The third kappa shape index (κ3) is 4.21. The molecular weight excluding hydrogens is 318 g/mol. The zero-order valence-electron chi connectivity index (χ0n) is 12.4. The summed E-state index contributed by atoms with van der Waals surface area (Å²) in [7, 11) is 1.74. The highest BCUT2D eigenvalue weighted by molar-refractivity contribution is 9.10. The molecule has 3 nitrogen and oxygen atoms in total. The zero-order valence-corrected chi connectivity index (χ0v) is 14.0. The molecule has 0 bridgehead atoms. The first-order valence-corrected chi connectivity index (χ1v) is 8.17. The van der Waals surface area contributed by atoms with Gasteiger partial charge in [-0.2, -0.15) is 0 Å². The lowest BCUT2D eigenvalue weighted by Gasteiger charge is -2.18. The Hall–Kier alpha value is -0.580. The summed E-state index contributed by atoms with van der Waals surface area (Å²) < 4.78 is 12.0. The van der Waals surface area contributed by atoms with Crippen molar-refractivity contribution in [2.45, 2.75) is 26.2 Å². The number of hydrogen-bond donors (Lipinski definition) is 1. The Bertz CT molecular complexity index is 437. The minimum atomic E-state index is 0.634. The van der Waals surface area contributed by atoms with Gasteiger partial charge in [-0.1, -0.05) is 29.3 Å². The lowest BCUT2D eigenvalue weighted by atomic mass is 9.95. The molecule has 0 saturated carbocycles. The van der Waals surface area contributed by atoms with Gasteiger partial charge in [0, 0.05) is 24.5 Å². The van der Waals surface area contributed by atoms with E-state index >= 15 is 0 Å². The predicted octanol–water partition coefficient (Wildman–Crippen LogP) is 3.19. The second-order valence-electron chi connectivity index (χ2n) is 5.33. The summed E-state index contributed by atoms with van der Waals surface area (Å²) in [5.74, 6) is 1.76. The highest BCUT2D eigenvalue weighted by Gasteiger charge is 2.19. The summed E-state index contributed by atoms with van der Waals surface area (Å²) in [5.41, 5.74) is 2.68. The fraction of sp³-hybridized carbons (Fsp3) is 0.625. The Morgan fingerprint density at radius 2 is 2.30 bits per heavy atom. The van der Waals surface area contributed by atoms with Crippen molar-refractivity contribution >= 4 is 15.9 Å². The van der Waals surface area contributed by atoms with E-state index in [2.05, 4.69) is 40.3 Å². The third-order valence-corrected chi connectivity index (χ3v) is 4.29. The van der Waals surface area contributed by atoms with Crippen molar-refractivity contribution in [2.24, 2.45) is 5.92 Å². The summed E-state index contributed by atoms with van der Waals surface area (Å²) in [4.78, 5) is 0. The second kappa shape index (κ2) is 8.01. The molecule has 0 amide bonds. The van der Waals surface area contributed by atoms with E-state index in [4.69, 9.17) is 9.47 Å². The molecule has 1 N–H and O–H groups in total. The van der Waals surface area contributed by atoms with Crippen LogP contribution in [0.5, 0.6) is 5.75 Å². The number of halogens is 1. The average molecular weight is 342 g/mol. The zero-order chi connectivity index (χ0) is 14.4. The van der Waals surface area contributed by atoms with Crippen molar-refractivity contribution in [1.82, 2.24) is 5.32 Å². The fourth-order valence-electron chi connectivity index (χ4n) is 2.65. The molecule has 0 fully saturated rings. The number of ether oxygens (including phenoxy) is 2. The molecule has 0 spiro atoms. The van der Waals surface area contributed by atoms with Gasteiger partial charge >= 0.3 is 0 Å². The van der Waals surface area contributed by atoms with E-state index < -0.39 is 0 Å². The maximum atomic E-state index is 5.81. The van der Waals surface area contributed by atoms with Gasteiger partial charge in [-0.25, -0.2) is 0 Å². The summed E-state index contributed by atoms with van der Waals surface area (Å²) in [6.07, 6.45) is 3.27. The van der Waals surface area contributed by atoms with Crippen molar-refractivity contribution in [1.29, 1.82) is 0 Å². The Morgan fingerprint density at radius 1 is 1.45 bits per heavy atom. The number of methoxy groups -OCH3 is 1. The molecule has 4 heteroatoms. The van der Waals surface area contributed by atoms with E-state index in [1.165, 1.54) is 22.0 Å². The van der Waals surface area contributed by atoms with Gasteiger partial charge in [0.15, 0.2) is 0 Å². The van der Waals surface area contributed by atoms with E-state index in [0.717, 1.165) is 44.9 Å². The SMILES string of the molecule is CCC(CNCCOC)Cc1cc(Br)cc2c1OCC2. The molecule has 1 atom stereocenters. The van der Waals surface area contributed by atoms with Crippen LogP contribution < -0.4 is 10.1 Å². The highest BCUT2D eigenvalue weighted by atomic mass is 79.9. The van der Waals surface area contributed by atoms with Crippen LogP contribution in [0.1, 0.15) is 24.5 Å². The molecular formula is C16H24BrNO2. The minimum absolute atomic E-state index is 0.634. The van der Waals surface area contributed by atoms with Gasteiger partial charge in [-0.3, -0.25) is 0 Å². The van der Waals surface area contributed by atoms with Gasteiger partial charge in [-0.05, 0) is 42.1 Å². The van der Waals surface area contributed by atoms with Gasteiger partial charge in [-0.15, -0.1) is 0 Å². The first kappa shape index (κ1) is 15.8. The van der Waals surface area contributed by atoms with Crippen molar-refractivity contribution in [3.8, 4) is 5.75 Å². The largest absolute Gasteiger partial charge is 0.493 e. The van der Waals surface area contributed by atoms with Gasteiger partial charge in [0.05, 0.1) is 13.2 Å². The second-order valence-corrected chi connectivity index (χ2v) is 6.24. The summed E-state index contributed by atoms with van der Waals surface area (Å²) >= 11 is 3.61. The fourth-order valence-corrected chi connectivity index (χ4v) is 3.20. The molecule has 1 heterocycles. The van der Waals surface area contributed by atoms with E-state index in [9.17, 15) is 0 Å². The van der Waals surface area contributed by atoms with Crippen LogP contribution >= 0.6 is 15.9 Å². The number of fused-ring (bicyclic) bond motifs is 1. The summed E-state index contributed by atoms with van der Waals surface area (Å²) in [5, 5.41) is 3.46. The summed E-state index contributed by atoms with van der Waals surface area (Å²) in [6, 6.07) is 4.39. The molecule has 20 heavy (non-hydrogen) atoms. The lowest BCUT2D eigenvalue weighted by molar-refractivity contribution is 0.197. The van der Waals surface area contributed by atoms with Crippen LogP contribution in [0.15, 0.2) is 16.6 Å². The highest BCUT2D eigenvalue weighted by Crippen LogP contribution is 2.34. The van der Waals surface area contributed by atoms with Crippen LogP contribution in [-0.2, 0) is 17.6 Å². The maximum Gasteiger partial charge on any atom is 0.125 e. The molecule has 2 rings (SSSR count). The molecule has 0 radical (unpaired) electrons. The van der Waals surface area contributed by atoms with E-state index in [0.29, 0.717) is 5.92 Å². The monoisotopic (exact) mass is 341 g/mol. The lowest BCUT2D eigenvalue weighted by Crippen LogP contribution is -2.27. The first-order valence-electron chi connectivity index (χ1n) is 7.38. The number of nitrogens with one attached hydrogen (secondary N) is 1. The van der Waals surface area contributed by atoms with Gasteiger partial charge in [0.1, 0.15) is 5.75 Å². The molecule has 1 aliphatic rings. The molecule has 0 saturated heterocycles. The molecule has 1 aliphatic heterocycles. The number of rotatable bonds is 8. The van der Waals surface area contributed by atoms with Crippen molar-refractivity contribution in [2.75, 3.05) is 33.4 Å². The van der Waals surface area contributed by atoms with Gasteiger partial charge in [0.25, 0.3) is 0 Å². The minimum Gasteiger partial charge on any atom is -0.493 e. The van der Waals surface area contributed by atoms with Crippen LogP contribution in [0.2, 0.25) is 0 Å².